The highest BCUT2D eigenvalue weighted by Crippen LogP contribution is 2.26. The van der Waals surface area contributed by atoms with Gasteiger partial charge in [-0.25, -0.2) is 13.4 Å². The van der Waals surface area contributed by atoms with Crippen LogP contribution in [-0.4, -0.2) is 36.7 Å². The molecule has 0 aliphatic carbocycles. The van der Waals surface area contributed by atoms with Crippen molar-refractivity contribution in [1.82, 2.24) is 9.29 Å². The van der Waals surface area contributed by atoms with Gasteiger partial charge in [-0.1, -0.05) is 43.4 Å². The van der Waals surface area contributed by atoms with Crippen molar-refractivity contribution in [1.29, 1.82) is 0 Å². The van der Waals surface area contributed by atoms with Crippen molar-refractivity contribution in [2.75, 3.05) is 18.4 Å². The molecular formula is C19H21N3O3S2. The Balaban J connectivity index is 1.92. The summed E-state index contributed by atoms with van der Waals surface area (Å²) in [6.07, 6.45) is 0. The van der Waals surface area contributed by atoms with Crippen molar-refractivity contribution >= 4 is 42.6 Å². The number of anilines is 1. The number of carbonyl (C=O) groups is 1. The minimum Gasteiger partial charge on any atom is -0.298 e. The van der Waals surface area contributed by atoms with Crippen LogP contribution in [0.2, 0.25) is 0 Å². The van der Waals surface area contributed by atoms with Gasteiger partial charge in [0.15, 0.2) is 5.13 Å². The van der Waals surface area contributed by atoms with Gasteiger partial charge in [0.2, 0.25) is 10.0 Å². The van der Waals surface area contributed by atoms with Gasteiger partial charge in [-0.15, -0.1) is 0 Å². The zero-order chi connectivity index (χ0) is 19.6. The van der Waals surface area contributed by atoms with Crippen molar-refractivity contribution in [3.05, 3.63) is 53.6 Å². The molecule has 1 heterocycles. The first-order valence-electron chi connectivity index (χ1n) is 8.64. The second-order valence-corrected chi connectivity index (χ2v) is 8.98. The Kier molecular flexibility index (Phi) is 5.59. The number of aryl methyl sites for hydroxylation is 1. The summed E-state index contributed by atoms with van der Waals surface area (Å²) in [5, 5.41) is 3.27. The molecule has 142 valence electrons. The van der Waals surface area contributed by atoms with Crippen molar-refractivity contribution in [2.24, 2.45) is 0 Å². The van der Waals surface area contributed by atoms with Crippen molar-refractivity contribution in [3.63, 3.8) is 0 Å². The lowest BCUT2D eigenvalue weighted by Crippen LogP contribution is -2.30. The van der Waals surface area contributed by atoms with Gasteiger partial charge in [-0.2, -0.15) is 4.31 Å². The molecule has 0 radical (unpaired) electrons. The van der Waals surface area contributed by atoms with Crippen LogP contribution in [0.25, 0.3) is 10.2 Å². The Morgan fingerprint density at radius 3 is 2.52 bits per heavy atom. The van der Waals surface area contributed by atoms with E-state index in [4.69, 9.17) is 0 Å². The summed E-state index contributed by atoms with van der Waals surface area (Å²) in [7, 11) is -3.63. The molecule has 0 saturated heterocycles. The Labute approximate surface area is 162 Å². The Bertz CT molecular complexity index is 1050. The third-order valence-electron chi connectivity index (χ3n) is 4.31. The third-order valence-corrected chi connectivity index (χ3v) is 7.31. The number of amides is 1. The summed E-state index contributed by atoms with van der Waals surface area (Å²) < 4.78 is 27.8. The zero-order valence-electron chi connectivity index (χ0n) is 15.4. The molecule has 1 amide bonds. The molecular weight excluding hydrogens is 382 g/mol. The quantitative estimate of drug-likeness (QED) is 0.677. The maximum Gasteiger partial charge on any atom is 0.257 e. The summed E-state index contributed by atoms with van der Waals surface area (Å²) in [5.74, 6) is -0.372. The average Bonchev–Trinajstić information content (AvgIpc) is 3.04. The predicted octanol–water partition coefficient (Wildman–Crippen LogP) is 3.89. The van der Waals surface area contributed by atoms with Crippen LogP contribution in [0, 0.1) is 6.92 Å². The van der Waals surface area contributed by atoms with E-state index in [-0.39, 0.29) is 10.8 Å². The summed E-state index contributed by atoms with van der Waals surface area (Å²) in [6.45, 7) is 6.10. The normalized spacial score (nSPS) is 11.9. The van der Waals surface area contributed by atoms with E-state index in [2.05, 4.69) is 10.3 Å². The molecule has 8 heteroatoms. The van der Waals surface area contributed by atoms with Crippen LogP contribution < -0.4 is 5.32 Å². The minimum atomic E-state index is -3.63. The molecule has 0 bridgehead atoms. The van der Waals surface area contributed by atoms with Crippen LogP contribution in [0.1, 0.15) is 29.8 Å². The van der Waals surface area contributed by atoms with E-state index in [9.17, 15) is 13.2 Å². The largest absolute Gasteiger partial charge is 0.298 e. The number of carbonyl (C=O) groups excluding carboxylic acids is 1. The SMILES string of the molecule is CCN(CC)S(=O)(=O)c1ccc(C)c(C(=O)Nc2nc3ccccc3s2)c1. The number of aromatic nitrogens is 1. The number of hydrogen-bond donors (Lipinski definition) is 1. The van der Waals surface area contributed by atoms with Crippen molar-refractivity contribution < 1.29 is 13.2 Å². The van der Waals surface area contributed by atoms with Crippen molar-refractivity contribution in [3.8, 4) is 0 Å². The van der Waals surface area contributed by atoms with Crippen LogP contribution in [0.3, 0.4) is 0 Å². The Morgan fingerprint density at radius 2 is 1.85 bits per heavy atom. The Hall–Kier alpha value is -2.29. The molecule has 3 rings (SSSR count). The molecule has 0 spiro atoms. The first-order chi connectivity index (χ1) is 12.9. The van der Waals surface area contributed by atoms with E-state index < -0.39 is 10.0 Å². The number of nitrogens with zero attached hydrogens (tertiary/aromatic N) is 2. The summed E-state index contributed by atoms with van der Waals surface area (Å²) in [5.41, 5.74) is 1.84. The maximum absolute atomic E-state index is 12.7. The highest BCUT2D eigenvalue weighted by atomic mass is 32.2. The molecule has 0 unspecified atom stereocenters. The van der Waals surface area contributed by atoms with Crippen LogP contribution in [-0.2, 0) is 10.0 Å². The zero-order valence-corrected chi connectivity index (χ0v) is 17.0. The van der Waals surface area contributed by atoms with Crippen LogP contribution >= 0.6 is 11.3 Å². The first kappa shape index (κ1) is 19.5. The lowest BCUT2D eigenvalue weighted by molar-refractivity contribution is 0.102. The minimum absolute atomic E-state index is 0.117. The predicted molar refractivity (Wildman–Crippen MR) is 109 cm³/mol. The number of hydrogen-bond acceptors (Lipinski definition) is 5. The monoisotopic (exact) mass is 403 g/mol. The van der Waals surface area contributed by atoms with E-state index in [0.29, 0.717) is 29.3 Å². The highest BCUT2D eigenvalue weighted by molar-refractivity contribution is 7.89. The summed E-state index contributed by atoms with van der Waals surface area (Å²) in [6, 6.07) is 12.2. The van der Waals surface area contributed by atoms with Gasteiger partial charge >= 0.3 is 0 Å². The number of nitrogens with one attached hydrogen (secondary N) is 1. The lowest BCUT2D eigenvalue weighted by Gasteiger charge is -2.19. The fraction of sp³-hybridized carbons (Fsp3) is 0.263. The van der Waals surface area contributed by atoms with Gasteiger partial charge in [0.25, 0.3) is 5.91 Å². The number of thiazole rings is 1. The van der Waals surface area contributed by atoms with Gasteiger partial charge < -0.3 is 0 Å². The molecule has 1 aromatic heterocycles. The average molecular weight is 404 g/mol. The van der Waals surface area contributed by atoms with Gasteiger partial charge in [0.05, 0.1) is 15.1 Å². The van der Waals surface area contributed by atoms with Gasteiger partial charge in [-0.3, -0.25) is 10.1 Å². The molecule has 6 nitrogen and oxygen atoms in total. The van der Waals surface area contributed by atoms with Crippen molar-refractivity contribution in [2.45, 2.75) is 25.7 Å². The highest BCUT2D eigenvalue weighted by Gasteiger charge is 2.23. The van der Waals surface area contributed by atoms with Crippen LogP contribution in [0.4, 0.5) is 5.13 Å². The standard InChI is InChI=1S/C19H21N3O3S2/c1-4-22(5-2)27(24,25)14-11-10-13(3)15(12-14)18(23)21-19-20-16-8-6-7-9-17(16)26-19/h6-12H,4-5H2,1-3H3,(H,20,21,23). The molecule has 0 aliphatic rings. The lowest BCUT2D eigenvalue weighted by atomic mass is 10.1. The molecule has 0 saturated carbocycles. The molecule has 27 heavy (non-hydrogen) atoms. The number of para-hydroxylation sites is 1. The van der Waals surface area contributed by atoms with Gasteiger partial charge in [-0.05, 0) is 36.8 Å². The second kappa shape index (κ2) is 7.75. The fourth-order valence-corrected chi connectivity index (χ4v) is 5.15. The van der Waals surface area contributed by atoms with Gasteiger partial charge in [0, 0.05) is 18.7 Å². The molecule has 2 aromatic carbocycles. The number of benzene rings is 2. The summed E-state index contributed by atoms with van der Waals surface area (Å²) >= 11 is 1.38. The molecule has 0 aliphatic heterocycles. The first-order valence-corrected chi connectivity index (χ1v) is 10.9. The number of sulfonamides is 1. The van der Waals surface area contributed by atoms with E-state index in [0.717, 1.165) is 10.2 Å². The molecule has 3 aromatic rings. The fourth-order valence-electron chi connectivity index (χ4n) is 2.81. The van der Waals surface area contributed by atoms with E-state index in [1.54, 1.807) is 26.8 Å². The molecule has 0 fully saturated rings. The topological polar surface area (TPSA) is 79.4 Å². The van der Waals surface area contributed by atoms with E-state index in [1.165, 1.54) is 27.8 Å². The maximum atomic E-state index is 12.7. The third kappa shape index (κ3) is 3.87. The summed E-state index contributed by atoms with van der Waals surface area (Å²) in [4.78, 5) is 17.3. The number of rotatable bonds is 6. The van der Waals surface area contributed by atoms with Crippen LogP contribution in [0.5, 0.6) is 0 Å². The Morgan fingerprint density at radius 1 is 1.15 bits per heavy atom. The van der Waals surface area contributed by atoms with E-state index >= 15 is 0 Å². The van der Waals surface area contributed by atoms with Crippen LogP contribution in [0.15, 0.2) is 47.4 Å². The molecule has 0 atom stereocenters. The smallest absolute Gasteiger partial charge is 0.257 e. The second-order valence-electron chi connectivity index (χ2n) is 6.01. The van der Waals surface area contributed by atoms with Gasteiger partial charge in [0.1, 0.15) is 0 Å². The number of fused-ring (bicyclic) bond motifs is 1. The van der Waals surface area contributed by atoms with E-state index in [1.807, 2.05) is 24.3 Å². The molecule has 1 N–H and O–H groups in total.